The highest BCUT2D eigenvalue weighted by molar-refractivity contribution is 5.85. The van der Waals surface area contributed by atoms with Crippen molar-refractivity contribution in [2.75, 3.05) is 0 Å². The Morgan fingerprint density at radius 1 is 0.759 bits per heavy atom. The summed E-state index contributed by atoms with van der Waals surface area (Å²) in [4.78, 5) is 4.48. The molecule has 29 heavy (non-hydrogen) atoms. The van der Waals surface area contributed by atoms with E-state index in [0.29, 0.717) is 23.5 Å². The molecule has 0 bridgehead atoms. The van der Waals surface area contributed by atoms with E-state index in [0.717, 1.165) is 22.4 Å². The summed E-state index contributed by atoms with van der Waals surface area (Å²) in [6.07, 6.45) is 1.77. The van der Waals surface area contributed by atoms with E-state index in [1.165, 1.54) is 22.3 Å². The minimum atomic E-state index is 0.315. The fourth-order valence-corrected chi connectivity index (χ4v) is 3.95. The Bertz CT molecular complexity index is 972. The van der Waals surface area contributed by atoms with E-state index in [-0.39, 0.29) is 0 Å². The first kappa shape index (κ1) is 21.1. The number of rotatable bonds is 5. The molecule has 152 valence electrons. The van der Waals surface area contributed by atoms with Crippen molar-refractivity contribution in [1.29, 1.82) is 0 Å². The third-order valence-corrected chi connectivity index (χ3v) is 5.60. The number of pyridine rings is 1. The average Bonchev–Trinajstić information content (AvgIpc) is 2.68. The molecule has 0 spiro atoms. The van der Waals surface area contributed by atoms with Gasteiger partial charge in [-0.05, 0) is 76.8 Å². The van der Waals surface area contributed by atoms with Gasteiger partial charge in [0.2, 0.25) is 0 Å². The Morgan fingerprint density at radius 2 is 1.34 bits per heavy atom. The molecular weight excluding hydrogens is 354 g/mol. The van der Waals surface area contributed by atoms with E-state index in [2.05, 4.69) is 71.6 Å². The van der Waals surface area contributed by atoms with Crippen LogP contribution in [-0.2, 0) is 0 Å². The van der Waals surface area contributed by atoms with Gasteiger partial charge in [0.1, 0.15) is 5.75 Å². The SMILES string of the molecule is Cc1cc(-c2ccccn2)c(O)c(-c2c(C(C)C)cc(C(C)C)cc2C(C)C)c1. The van der Waals surface area contributed by atoms with Crippen LogP contribution in [0.1, 0.15) is 81.5 Å². The zero-order chi connectivity index (χ0) is 21.3. The second kappa shape index (κ2) is 8.41. The largest absolute Gasteiger partial charge is 0.507 e. The van der Waals surface area contributed by atoms with Gasteiger partial charge in [-0.25, -0.2) is 0 Å². The summed E-state index contributed by atoms with van der Waals surface area (Å²) in [7, 11) is 0. The number of hydrogen-bond acceptors (Lipinski definition) is 2. The van der Waals surface area contributed by atoms with E-state index in [4.69, 9.17) is 0 Å². The highest BCUT2D eigenvalue weighted by atomic mass is 16.3. The second-order valence-electron chi connectivity index (χ2n) is 8.96. The normalized spacial score (nSPS) is 11.7. The molecule has 3 rings (SSSR count). The second-order valence-corrected chi connectivity index (χ2v) is 8.96. The summed E-state index contributed by atoms with van der Waals surface area (Å²) < 4.78 is 0. The van der Waals surface area contributed by atoms with Crippen LogP contribution in [-0.4, -0.2) is 10.1 Å². The Hall–Kier alpha value is -2.61. The molecule has 3 aromatic rings. The fraction of sp³-hybridized carbons (Fsp3) is 0.370. The molecule has 0 amide bonds. The number of nitrogens with zero attached hydrogens (tertiary/aromatic N) is 1. The molecule has 1 heterocycles. The van der Waals surface area contributed by atoms with E-state index in [1.807, 2.05) is 24.3 Å². The molecule has 0 radical (unpaired) electrons. The number of aromatic nitrogens is 1. The van der Waals surface area contributed by atoms with Crippen LogP contribution in [0.5, 0.6) is 5.75 Å². The van der Waals surface area contributed by atoms with Gasteiger partial charge < -0.3 is 5.11 Å². The maximum atomic E-state index is 11.4. The standard InChI is InChI=1S/C27H33NO/c1-16(2)20-14-21(17(3)4)26(22(15-20)18(5)6)24-13-19(7)12-23(27(24)29)25-10-8-9-11-28-25/h8-18,29H,1-7H3. The van der Waals surface area contributed by atoms with Gasteiger partial charge in [-0.2, -0.15) is 0 Å². The molecular formula is C27H33NO. The highest BCUT2D eigenvalue weighted by Crippen LogP contribution is 2.45. The molecule has 0 aliphatic carbocycles. The Morgan fingerprint density at radius 3 is 1.83 bits per heavy atom. The van der Waals surface area contributed by atoms with Crippen LogP contribution >= 0.6 is 0 Å². The van der Waals surface area contributed by atoms with E-state index < -0.39 is 0 Å². The fourth-order valence-electron chi connectivity index (χ4n) is 3.95. The first-order valence-corrected chi connectivity index (χ1v) is 10.6. The predicted molar refractivity (Wildman–Crippen MR) is 124 cm³/mol. The van der Waals surface area contributed by atoms with E-state index >= 15 is 0 Å². The number of phenolic OH excluding ortho intramolecular Hbond substituents is 1. The smallest absolute Gasteiger partial charge is 0.132 e. The lowest BCUT2D eigenvalue weighted by Gasteiger charge is -2.24. The van der Waals surface area contributed by atoms with Gasteiger partial charge in [0, 0.05) is 17.3 Å². The molecule has 0 saturated carbocycles. The van der Waals surface area contributed by atoms with E-state index in [1.54, 1.807) is 6.20 Å². The molecule has 0 aliphatic rings. The van der Waals surface area contributed by atoms with Crippen molar-refractivity contribution in [3.05, 3.63) is 70.9 Å². The molecule has 0 aliphatic heterocycles. The summed E-state index contributed by atoms with van der Waals surface area (Å²) in [6.45, 7) is 15.5. The third kappa shape index (κ3) is 4.22. The maximum absolute atomic E-state index is 11.4. The molecule has 2 heteroatoms. The Labute approximate surface area is 175 Å². The van der Waals surface area contributed by atoms with Crippen LogP contribution in [0.4, 0.5) is 0 Å². The van der Waals surface area contributed by atoms with Gasteiger partial charge in [0.15, 0.2) is 0 Å². The van der Waals surface area contributed by atoms with Crippen LogP contribution in [0.25, 0.3) is 22.4 Å². The van der Waals surface area contributed by atoms with E-state index in [9.17, 15) is 5.11 Å². The predicted octanol–water partition coefficient (Wildman–Crippen LogP) is 7.80. The first-order chi connectivity index (χ1) is 13.7. The molecule has 0 atom stereocenters. The minimum Gasteiger partial charge on any atom is -0.507 e. The van der Waals surface area contributed by atoms with Crippen molar-refractivity contribution < 1.29 is 5.11 Å². The van der Waals surface area contributed by atoms with Gasteiger partial charge in [-0.15, -0.1) is 0 Å². The molecule has 0 saturated heterocycles. The number of benzene rings is 2. The zero-order valence-corrected chi connectivity index (χ0v) is 18.7. The Balaban J connectivity index is 2.38. The number of hydrogen-bond donors (Lipinski definition) is 1. The number of aryl methyl sites for hydroxylation is 1. The summed E-state index contributed by atoms with van der Waals surface area (Å²) in [6, 6.07) is 14.6. The monoisotopic (exact) mass is 387 g/mol. The topological polar surface area (TPSA) is 33.1 Å². The summed E-state index contributed by atoms with van der Waals surface area (Å²) in [5.74, 6) is 1.50. The Kier molecular flexibility index (Phi) is 6.12. The average molecular weight is 388 g/mol. The minimum absolute atomic E-state index is 0.315. The molecule has 2 aromatic carbocycles. The van der Waals surface area contributed by atoms with Crippen molar-refractivity contribution >= 4 is 0 Å². The van der Waals surface area contributed by atoms with Crippen molar-refractivity contribution in [3.63, 3.8) is 0 Å². The van der Waals surface area contributed by atoms with Gasteiger partial charge in [0.05, 0.1) is 5.69 Å². The van der Waals surface area contributed by atoms with Crippen molar-refractivity contribution in [2.45, 2.75) is 66.2 Å². The number of phenols is 1. The van der Waals surface area contributed by atoms with Gasteiger partial charge >= 0.3 is 0 Å². The summed E-state index contributed by atoms with van der Waals surface area (Å²) >= 11 is 0. The van der Waals surface area contributed by atoms with Crippen molar-refractivity contribution in [2.24, 2.45) is 0 Å². The van der Waals surface area contributed by atoms with Crippen LogP contribution in [0.3, 0.4) is 0 Å². The summed E-state index contributed by atoms with van der Waals surface area (Å²) in [5.41, 5.74) is 8.75. The lowest BCUT2D eigenvalue weighted by Crippen LogP contribution is -2.04. The third-order valence-electron chi connectivity index (χ3n) is 5.60. The van der Waals surface area contributed by atoms with Crippen LogP contribution in [0, 0.1) is 6.92 Å². The van der Waals surface area contributed by atoms with Crippen molar-refractivity contribution in [1.82, 2.24) is 4.98 Å². The zero-order valence-electron chi connectivity index (χ0n) is 18.7. The maximum Gasteiger partial charge on any atom is 0.132 e. The lowest BCUT2D eigenvalue weighted by molar-refractivity contribution is 0.479. The van der Waals surface area contributed by atoms with Crippen LogP contribution < -0.4 is 0 Å². The molecule has 1 N–H and O–H groups in total. The van der Waals surface area contributed by atoms with Gasteiger partial charge in [-0.3, -0.25) is 4.98 Å². The van der Waals surface area contributed by atoms with Crippen LogP contribution in [0.2, 0.25) is 0 Å². The van der Waals surface area contributed by atoms with Crippen LogP contribution in [0.15, 0.2) is 48.7 Å². The highest BCUT2D eigenvalue weighted by Gasteiger charge is 2.22. The molecule has 0 unspecified atom stereocenters. The molecule has 1 aromatic heterocycles. The molecule has 2 nitrogen and oxygen atoms in total. The lowest BCUT2D eigenvalue weighted by atomic mass is 9.80. The van der Waals surface area contributed by atoms with Gasteiger partial charge in [0.25, 0.3) is 0 Å². The van der Waals surface area contributed by atoms with Gasteiger partial charge in [-0.1, -0.05) is 59.7 Å². The number of aromatic hydroxyl groups is 1. The summed E-state index contributed by atoms with van der Waals surface area (Å²) in [5, 5.41) is 11.4. The quantitative estimate of drug-likeness (QED) is 0.484. The van der Waals surface area contributed by atoms with Crippen molar-refractivity contribution in [3.8, 4) is 28.1 Å². The molecule has 0 fully saturated rings. The first-order valence-electron chi connectivity index (χ1n) is 10.6.